The highest BCUT2D eigenvalue weighted by Crippen LogP contribution is 2.21. The van der Waals surface area contributed by atoms with Gasteiger partial charge >= 0.3 is 0 Å². The minimum absolute atomic E-state index is 0.0929. The Kier molecular flexibility index (Phi) is 3.88. The first-order chi connectivity index (χ1) is 8.46. The highest BCUT2D eigenvalue weighted by atomic mass is 16.5. The standard InChI is InChI=1S/C14H23N3O/c1-11(15)8-12-4-5-13(16-9-12)17-6-7-18-14(2,3)10-17/h4-5,9,11H,6-8,10,15H2,1-3H3. The zero-order valence-corrected chi connectivity index (χ0v) is 11.5. The molecule has 4 nitrogen and oxygen atoms in total. The Hall–Kier alpha value is -1.13. The molecule has 4 heteroatoms. The summed E-state index contributed by atoms with van der Waals surface area (Å²) in [5.74, 6) is 1.03. The molecule has 1 aliphatic rings. The topological polar surface area (TPSA) is 51.4 Å². The second kappa shape index (κ2) is 5.24. The molecule has 1 aromatic heterocycles. The molecule has 1 aliphatic heterocycles. The summed E-state index contributed by atoms with van der Waals surface area (Å²) in [5, 5.41) is 0. The van der Waals surface area contributed by atoms with Crippen molar-refractivity contribution in [3.63, 3.8) is 0 Å². The van der Waals surface area contributed by atoms with E-state index in [-0.39, 0.29) is 11.6 Å². The number of hydrogen-bond donors (Lipinski definition) is 1. The van der Waals surface area contributed by atoms with Crippen LogP contribution in [-0.4, -0.2) is 36.3 Å². The normalized spacial score (nSPS) is 20.8. The molecule has 0 amide bonds. The van der Waals surface area contributed by atoms with Crippen LogP contribution in [0.5, 0.6) is 0 Å². The highest BCUT2D eigenvalue weighted by molar-refractivity contribution is 5.40. The number of morpholine rings is 1. The summed E-state index contributed by atoms with van der Waals surface area (Å²) < 4.78 is 5.71. The van der Waals surface area contributed by atoms with Crippen molar-refractivity contribution in [2.45, 2.75) is 38.8 Å². The lowest BCUT2D eigenvalue weighted by Gasteiger charge is -2.38. The van der Waals surface area contributed by atoms with Gasteiger partial charge in [0.2, 0.25) is 0 Å². The van der Waals surface area contributed by atoms with Gasteiger partial charge in [-0.25, -0.2) is 4.98 Å². The molecule has 1 atom stereocenters. The molecule has 1 unspecified atom stereocenters. The maximum Gasteiger partial charge on any atom is 0.128 e. The molecule has 0 saturated carbocycles. The van der Waals surface area contributed by atoms with Gasteiger partial charge in [-0.15, -0.1) is 0 Å². The molecule has 18 heavy (non-hydrogen) atoms. The van der Waals surface area contributed by atoms with E-state index < -0.39 is 0 Å². The van der Waals surface area contributed by atoms with Gasteiger partial charge in [-0.3, -0.25) is 0 Å². The first-order valence-corrected chi connectivity index (χ1v) is 6.56. The molecule has 2 heterocycles. The van der Waals surface area contributed by atoms with Crippen LogP contribution in [0, 0.1) is 0 Å². The van der Waals surface area contributed by atoms with Crippen LogP contribution in [0.1, 0.15) is 26.3 Å². The van der Waals surface area contributed by atoms with E-state index in [9.17, 15) is 0 Å². The van der Waals surface area contributed by atoms with Gasteiger partial charge in [-0.05, 0) is 38.8 Å². The van der Waals surface area contributed by atoms with E-state index in [0.29, 0.717) is 0 Å². The van der Waals surface area contributed by atoms with Gasteiger partial charge in [0.05, 0.1) is 12.2 Å². The van der Waals surface area contributed by atoms with Gasteiger partial charge < -0.3 is 15.4 Å². The van der Waals surface area contributed by atoms with Crippen molar-refractivity contribution in [3.8, 4) is 0 Å². The third-order valence-electron chi connectivity index (χ3n) is 3.12. The quantitative estimate of drug-likeness (QED) is 0.884. The number of nitrogens with zero attached hydrogens (tertiary/aromatic N) is 2. The maximum absolute atomic E-state index is 5.79. The maximum atomic E-state index is 5.79. The smallest absolute Gasteiger partial charge is 0.128 e. The molecule has 0 aromatic carbocycles. The Labute approximate surface area is 109 Å². The average Bonchev–Trinajstić information content (AvgIpc) is 2.28. The van der Waals surface area contributed by atoms with Crippen LogP contribution in [0.3, 0.4) is 0 Å². The Bertz CT molecular complexity index is 387. The predicted octanol–water partition coefficient (Wildman–Crippen LogP) is 1.59. The Morgan fingerprint density at radius 2 is 2.28 bits per heavy atom. The van der Waals surface area contributed by atoms with E-state index in [0.717, 1.165) is 31.9 Å². The Balaban J connectivity index is 2.05. The lowest BCUT2D eigenvalue weighted by atomic mass is 10.1. The lowest BCUT2D eigenvalue weighted by molar-refractivity contribution is -0.0279. The van der Waals surface area contributed by atoms with E-state index in [4.69, 9.17) is 10.5 Å². The molecule has 1 saturated heterocycles. The van der Waals surface area contributed by atoms with Gasteiger partial charge in [0, 0.05) is 25.3 Å². The molecule has 100 valence electrons. The molecule has 2 rings (SSSR count). The summed E-state index contributed by atoms with van der Waals surface area (Å²) in [7, 11) is 0. The molecule has 0 bridgehead atoms. The highest BCUT2D eigenvalue weighted by Gasteiger charge is 2.27. The molecule has 1 fully saturated rings. The summed E-state index contributed by atoms with van der Waals surface area (Å²) in [6.07, 6.45) is 2.81. The summed E-state index contributed by atoms with van der Waals surface area (Å²) in [6, 6.07) is 4.38. The van der Waals surface area contributed by atoms with Crippen LogP contribution in [0.2, 0.25) is 0 Å². The fourth-order valence-corrected chi connectivity index (χ4v) is 2.31. The molecular weight excluding hydrogens is 226 g/mol. The van der Waals surface area contributed by atoms with Crippen molar-refractivity contribution >= 4 is 5.82 Å². The van der Waals surface area contributed by atoms with Gasteiger partial charge in [0.25, 0.3) is 0 Å². The molecule has 2 N–H and O–H groups in total. The first kappa shape index (κ1) is 13.3. The number of anilines is 1. The number of hydrogen-bond acceptors (Lipinski definition) is 4. The van der Waals surface area contributed by atoms with Crippen molar-refractivity contribution < 1.29 is 4.74 Å². The third-order valence-corrected chi connectivity index (χ3v) is 3.12. The van der Waals surface area contributed by atoms with Crippen molar-refractivity contribution in [2.24, 2.45) is 5.73 Å². The zero-order valence-electron chi connectivity index (χ0n) is 11.5. The third kappa shape index (κ3) is 3.43. The largest absolute Gasteiger partial charge is 0.372 e. The Morgan fingerprint density at radius 3 is 2.83 bits per heavy atom. The van der Waals surface area contributed by atoms with Gasteiger partial charge in [0.15, 0.2) is 0 Å². The van der Waals surface area contributed by atoms with Crippen LogP contribution in [0.4, 0.5) is 5.82 Å². The number of aromatic nitrogens is 1. The minimum Gasteiger partial charge on any atom is -0.372 e. The van der Waals surface area contributed by atoms with Crippen LogP contribution >= 0.6 is 0 Å². The average molecular weight is 249 g/mol. The van der Waals surface area contributed by atoms with E-state index in [1.54, 1.807) is 0 Å². The summed E-state index contributed by atoms with van der Waals surface area (Å²) >= 11 is 0. The zero-order chi connectivity index (χ0) is 13.2. The predicted molar refractivity (Wildman–Crippen MR) is 73.8 cm³/mol. The molecule has 0 aliphatic carbocycles. The Morgan fingerprint density at radius 1 is 1.50 bits per heavy atom. The van der Waals surface area contributed by atoms with Crippen LogP contribution in [0.25, 0.3) is 0 Å². The van der Waals surface area contributed by atoms with Crippen molar-refractivity contribution in [1.29, 1.82) is 0 Å². The van der Waals surface area contributed by atoms with Crippen molar-refractivity contribution in [2.75, 3.05) is 24.6 Å². The fraction of sp³-hybridized carbons (Fsp3) is 0.643. The van der Waals surface area contributed by atoms with Crippen LogP contribution in [-0.2, 0) is 11.2 Å². The number of nitrogens with two attached hydrogens (primary N) is 1. The minimum atomic E-state index is -0.0929. The second-order valence-corrected chi connectivity index (χ2v) is 5.74. The van der Waals surface area contributed by atoms with E-state index in [1.165, 1.54) is 5.56 Å². The van der Waals surface area contributed by atoms with Gasteiger partial charge in [-0.1, -0.05) is 6.07 Å². The van der Waals surface area contributed by atoms with Gasteiger partial charge in [0.1, 0.15) is 5.82 Å². The van der Waals surface area contributed by atoms with Gasteiger partial charge in [-0.2, -0.15) is 0 Å². The second-order valence-electron chi connectivity index (χ2n) is 5.74. The lowest BCUT2D eigenvalue weighted by Crippen LogP contribution is -2.48. The fourth-order valence-electron chi connectivity index (χ4n) is 2.31. The monoisotopic (exact) mass is 249 g/mol. The van der Waals surface area contributed by atoms with Crippen LogP contribution in [0.15, 0.2) is 18.3 Å². The number of rotatable bonds is 3. The summed E-state index contributed by atoms with van der Waals surface area (Å²) in [4.78, 5) is 6.81. The number of ether oxygens (including phenoxy) is 1. The van der Waals surface area contributed by atoms with Crippen LogP contribution < -0.4 is 10.6 Å². The molecular formula is C14H23N3O. The molecule has 1 aromatic rings. The SMILES string of the molecule is CC(N)Cc1ccc(N2CCOC(C)(C)C2)nc1. The van der Waals surface area contributed by atoms with E-state index in [2.05, 4.69) is 35.9 Å². The van der Waals surface area contributed by atoms with Crippen molar-refractivity contribution in [1.82, 2.24) is 4.98 Å². The van der Waals surface area contributed by atoms with E-state index in [1.807, 2.05) is 13.1 Å². The van der Waals surface area contributed by atoms with E-state index >= 15 is 0 Å². The summed E-state index contributed by atoms with van der Waals surface area (Å²) in [5.41, 5.74) is 6.89. The molecule has 0 spiro atoms. The first-order valence-electron chi connectivity index (χ1n) is 6.56. The number of pyridine rings is 1. The molecule has 0 radical (unpaired) electrons. The summed E-state index contributed by atoms with van der Waals surface area (Å²) in [6.45, 7) is 8.79. The van der Waals surface area contributed by atoms with Crippen molar-refractivity contribution in [3.05, 3.63) is 23.9 Å².